The van der Waals surface area contributed by atoms with E-state index in [1.807, 2.05) is 31.2 Å². The summed E-state index contributed by atoms with van der Waals surface area (Å²) in [6, 6.07) is 9.16. The van der Waals surface area contributed by atoms with Crippen molar-refractivity contribution < 1.29 is 4.79 Å². The molecule has 1 aromatic heterocycles. The SMILES string of the molecule is CC(C(=O)Nc1ccc(I)cc1)n1cccn1. The van der Waals surface area contributed by atoms with Crippen LogP contribution in [0.1, 0.15) is 13.0 Å². The van der Waals surface area contributed by atoms with E-state index in [1.54, 1.807) is 23.1 Å². The van der Waals surface area contributed by atoms with Crippen molar-refractivity contribution in [1.29, 1.82) is 0 Å². The first-order valence-electron chi connectivity index (χ1n) is 5.22. The second kappa shape index (κ2) is 5.31. The molecule has 0 bridgehead atoms. The highest BCUT2D eigenvalue weighted by molar-refractivity contribution is 14.1. The first-order valence-corrected chi connectivity index (χ1v) is 6.30. The van der Waals surface area contributed by atoms with E-state index < -0.39 is 0 Å². The summed E-state index contributed by atoms with van der Waals surface area (Å²) < 4.78 is 2.77. The minimum Gasteiger partial charge on any atom is -0.324 e. The molecule has 1 atom stereocenters. The van der Waals surface area contributed by atoms with Crippen molar-refractivity contribution in [1.82, 2.24) is 9.78 Å². The molecule has 0 saturated carbocycles. The fourth-order valence-corrected chi connectivity index (χ4v) is 1.77. The van der Waals surface area contributed by atoms with Crippen molar-refractivity contribution >= 4 is 34.2 Å². The Morgan fingerprint density at radius 1 is 1.41 bits per heavy atom. The lowest BCUT2D eigenvalue weighted by molar-refractivity contribution is -0.119. The van der Waals surface area contributed by atoms with Gasteiger partial charge in [0.15, 0.2) is 0 Å². The lowest BCUT2D eigenvalue weighted by Crippen LogP contribution is -2.23. The third-order valence-electron chi connectivity index (χ3n) is 2.41. The minimum atomic E-state index is -0.315. The summed E-state index contributed by atoms with van der Waals surface area (Å²) in [5.74, 6) is -0.0742. The fraction of sp³-hybridized carbons (Fsp3) is 0.167. The maximum atomic E-state index is 11.9. The van der Waals surface area contributed by atoms with E-state index >= 15 is 0 Å². The van der Waals surface area contributed by atoms with Crippen molar-refractivity contribution in [3.8, 4) is 0 Å². The fourth-order valence-electron chi connectivity index (χ4n) is 1.41. The number of aromatic nitrogens is 2. The Bertz CT molecular complexity index is 493. The molecule has 0 fully saturated rings. The molecule has 0 aliphatic heterocycles. The summed E-state index contributed by atoms with van der Waals surface area (Å²) in [5.41, 5.74) is 0.800. The van der Waals surface area contributed by atoms with Crippen molar-refractivity contribution in [3.63, 3.8) is 0 Å². The van der Waals surface area contributed by atoms with Crippen molar-refractivity contribution in [3.05, 3.63) is 46.3 Å². The molecule has 1 heterocycles. The van der Waals surface area contributed by atoms with Gasteiger partial charge in [-0.15, -0.1) is 0 Å². The monoisotopic (exact) mass is 341 g/mol. The van der Waals surface area contributed by atoms with Crippen LogP contribution in [0.5, 0.6) is 0 Å². The summed E-state index contributed by atoms with van der Waals surface area (Å²) in [6.07, 6.45) is 3.44. The zero-order valence-corrected chi connectivity index (χ0v) is 11.5. The largest absolute Gasteiger partial charge is 0.324 e. The van der Waals surface area contributed by atoms with Gasteiger partial charge in [0.1, 0.15) is 6.04 Å². The number of carbonyl (C=O) groups is 1. The summed E-state index contributed by atoms with van der Waals surface area (Å²) in [4.78, 5) is 11.9. The molecule has 0 aliphatic rings. The van der Waals surface area contributed by atoms with Crippen LogP contribution < -0.4 is 5.32 Å². The number of rotatable bonds is 3. The van der Waals surface area contributed by atoms with Gasteiger partial charge in [0.25, 0.3) is 0 Å². The highest BCUT2D eigenvalue weighted by Gasteiger charge is 2.14. The predicted octanol–water partition coefficient (Wildman–Crippen LogP) is 2.69. The number of halogens is 1. The third kappa shape index (κ3) is 3.06. The number of amides is 1. The number of anilines is 1. The van der Waals surface area contributed by atoms with Crippen LogP contribution in [-0.2, 0) is 4.79 Å². The van der Waals surface area contributed by atoms with Gasteiger partial charge < -0.3 is 5.32 Å². The normalized spacial score (nSPS) is 12.1. The standard InChI is InChI=1S/C12H12IN3O/c1-9(16-8-2-7-14-16)12(17)15-11-5-3-10(13)4-6-11/h2-9H,1H3,(H,15,17). The summed E-state index contributed by atoms with van der Waals surface area (Å²) in [6.45, 7) is 1.81. The van der Waals surface area contributed by atoms with Gasteiger partial charge >= 0.3 is 0 Å². The molecule has 1 amide bonds. The number of carbonyl (C=O) groups excluding carboxylic acids is 1. The van der Waals surface area contributed by atoms with Crippen molar-refractivity contribution in [2.24, 2.45) is 0 Å². The van der Waals surface area contributed by atoms with E-state index in [1.165, 1.54) is 0 Å². The Hall–Kier alpha value is -1.37. The zero-order valence-electron chi connectivity index (χ0n) is 9.30. The smallest absolute Gasteiger partial charge is 0.248 e. The Morgan fingerprint density at radius 3 is 2.71 bits per heavy atom. The molecule has 17 heavy (non-hydrogen) atoms. The van der Waals surface area contributed by atoms with Gasteiger partial charge in [-0.1, -0.05) is 0 Å². The molecule has 1 aromatic carbocycles. The molecule has 4 nitrogen and oxygen atoms in total. The van der Waals surface area contributed by atoms with Gasteiger partial charge in [-0.2, -0.15) is 5.10 Å². The van der Waals surface area contributed by atoms with Crippen molar-refractivity contribution in [2.45, 2.75) is 13.0 Å². The van der Waals surface area contributed by atoms with E-state index in [0.29, 0.717) is 0 Å². The van der Waals surface area contributed by atoms with Gasteiger partial charge in [-0.25, -0.2) is 0 Å². The van der Waals surface area contributed by atoms with Crippen LogP contribution in [0, 0.1) is 3.57 Å². The van der Waals surface area contributed by atoms with E-state index in [4.69, 9.17) is 0 Å². The molecule has 0 spiro atoms. The lowest BCUT2D eigenvalue weighted by atomic mass is 10.3. The van der Waals surface area contributed by atoms with E-state index in [0.717, 1.165) is 9.26 Å². The average molecular weight is 341 g/mol. The molecule has 5 heteroatoms. The molecular formula is C12H12IN3O. The van der Waals surface area contributed by atoms with Crippen LogP contribution in [0.2, 0.25) is 0 Å². The predicted molar refractivity (Wildman–Crippen MR) is 74.7 cm³/mol. The van der Waals surface area contributed by atoms with E-state index in [-0.39, 0.29) is 11.9 Å². The molecule has 0 saturated heterocycles. The van der Waals surface area contributed by atoms with Crippen LogP contribution in [-0.4, -0.2) is 15.7 Å². The highest BCUT2D eigenvalue weighted by atomic mass is 127. The highest BCUT2D eigenvalue weighted by Crippen LogP contribution is 2.13. The van der Waals surface area contributed by atoms with Gasteiger partial charge in [-0.05, 0) is 59.8 Å². The number of hydrogen-bond donors (Lipinski definition) is 1. The third-order valence-corrected chi connectivity index (χ3v) is 3.13. The quantitative estimate of drug-likeness (QED) is 0.873. The molecule has 2 rings (SSSR count). The maximum Gasteiger partial charge on any atom is 0.248 e. The Kier molecular flexibility index (Phi) is 3.78. The van der Waals surface area contributed by atoms with E-state index in [2.05, 4.69) is 33.0 Å². The average Bonchev–Trinajstić information content (AvgIpc) is 2.84. The molecule has 0 aliphatic carbocycles. The number of nitrogens with one attached hydrogen (secondary N) is 1. The number of nitrogens with zero attached hydrogens (tertiary/aromatic N) is 2. The molecular weight excluding hydrogens is 329 g/mol. The molecule has 88 valence electrons. The first-order chi connectivity index (χ1) is 8.16. The van der Waals surface area contributed by atoms with E-state index in [9.17, 15) is 4.79 Å². The summed E-state index contributed by atoms with van der Waals surface area (Å²) in [7, 11) is 0. The maximum absolute atomic E-state index is 11.9. The second-order valence-electron chi connectivity index (χ2n) is 3.66. The summed E-state index contributed by atoms with van der Waals surface area (Å²) in [5, 5.41) is 6.90. The minimum absolute atomic E-state index is 0.0742. The Labute approximate surface area is 113 Å². The van der Waals surface area contributed by atoms with Crippen LogP contribution in [0.25, 0.3) is 0 Å². The Morgan fingerprint density at radius 2 is 2.12 bits per heavy atom. The van der Waals surface area contributed by atoms with Gasteiger partial charge in [0, 0.05) is 21.7 Å². The Balaban J connectivity index is 2.04. The number of hydrogen-bond acceptors (Lipinski definition) is 2. The van der Waals surface area contributed by atoms with Gasteiger partial charge in [-0.3, -0.25) is 9.48 Å². The lowest BCUT2D eigenvalue weighted by Gasteiger charge is -2.12. The van der Waals surface area contributed by atoms with Crippen molar-refractivity contribution in [2.75, 3.05) is 5.32 Å². The number of benzene rings is 1. The van der Waals surface area contributed by atoms with Crippen LogP contribution >= 0.6 is 22.6 Å². The molecule has 2 aromatic rings. The van der Waals surface area contributed by atoms with Crippen LogP contribution in [0.15, 0.2) is 42.7 Å². The zero-order chi connectivity index (χ0) is 12.3. The first kappa shape index (κ1) is 12.1. The van der Waals surface area contributed by atoms with Gasteiger partial charge in [0.2, 0.25) is 5.91 Å². The van der Waals surface area contributed by atoms with Crippen LogP contribution in [0.3, 0.4) is 0 Å². The molecule has 1 N–H and O–H groups in total. The molecule has 0 radical (unpaired) electrons. The van der Waals surface area contributed by atoms with Gasteiger partial charge in [0.05, 0.1) is 0 Å². The second-order valence-corrected chi connectivity index (χ2v) is 4.90. The molecule has 1 unspecified atom stereocenters. The van der Waals surface area contributed by atoms with Crippen LogP contribution in [0.4, 0.5) is 5.69 Å². The topological polar surface area (TPSA) is 46.9 Å². The summed E-state index contributed by atoms with van der Waals surface area (Å²) >= 11 is 2.23.